The molecule has 6 nitrogen and oxygen atoms in total. The summed E-state index contributed by atoms with van der Waals surface area (Å²) in [6, 6.07) is 16.1. The summed E-state index contributed by atoms with van der Waals surface area (Å²) < 4.78 is 2.54. The average molecular weight is 425 g/mol. The van der Waals surface area contributed by atoms with E-state index >= 15 is 0 Å². The van der Waals surface area contributed by atoms with Gasteiger partial charge in [0.2, 0.25) is 5.43 Å². The van der Waals surface area contributed by atoms with Crippen molar-refractivity contribution in [3.05, 3.63) is 81.2 Å². The zero-order valence-corrected chi connectivity index (χ0v) is 17.4. The van der Waals surface area contributed by atoms with Crippen molar-refractivity contribution in [3.8, 4) is 5.69 Å². The molecule has 8 heteroatoms. The van der Waals surface area contributed by atoms with E-state index in [-0.39, 0.29) is 5.69 Å². The van der Waals surface area contributed by atoms with Crippen LogP contribution in [0.25, 0.3) is 15.9 Å². The van der Waals surface area contributed by atoms with Gasteiger partial charge < -0.3 is 0 Å². The molecule has 4 aromatic rings. The maximum atomic E-state index is 13.2. The Morgan fingerprint density at radius 3 is 2.59 bits per heavy atom. The van der Waals surface area contributed by atoms with Crippen molar-refractivity contribution >= 4 is 44.2 Å². The minimum absolute atomic E-state index is 0.147. The van der Waals surface area contributed by atoms with Crippen molar-refractivity contribution in [2.75, 3.05) is 11.4 Å². The van der Waals surface area contributed by atoms with Gasteiger partial charge in [0, 0.05) is 23.3 Å². The lowest BCUT2D eigenvalue weighted by Gasteiger charge is -2.18. The molecule has 29 heavy (non-hydrogen) atoms. The number of carbonyl (C=O) groups is 1. The van der Waals surface area contributed by atoms with Gasteiger partial charge in [0.1, 0.15) is 0 Å². The highest BCUT2D eigenvalue weighted by molar-refractivity contribution is 7.22. The second-order valence-corrected chi connectivity index (χ2v) is 7.85. The highest BCUT2D eigenvalue weighted by Crippen LogP contribution is 2.29. The lowest BCUT2D eigenvalue weighted by atomic mass is 10.2. The van der Waals surface area contributed by atoms with Crippen LogP contribution in [0.5, 0.6) is 0 Å². The van der Waals surface area contributed by atoms with Crippen LogP contribution >= 0.6 is 22.9 Å². The maximum absolute atomic E-state index is 13.2. The van der Waals surface area contributed by atoms with E-state index in [1.54, 1.807) is 35.9 Å². The number of benzene rings is 2. The summed E-state index contributed by atoms with van der Waals surface area (Å²) in [5, 5.41) is 5.50. The molecule has 0 N–H and O–H groups in total. The highest BCUT2D eigenvalue weighted by atomic mass is 35.5. The highest BCUT2D eigenvalue weighted by Gasteiger charge is 2.24. The smallest absolute Gasteiger partial charge is 0.284 e. The fourth-order valence-corrected chi connectivity index (χ4v) is 4.16. The van der Waals surface area contributed by atoms with Crippen LogP contribution in [0.3, 0.4) is 0 Å². The van der Waals surface area contributed by atoms with E-state index in [1.807, 2.05) is 31.2 Å². The number of hydrogen-bond donors (Lipinski definition) is 0. The Labute approximate surface area is 176 Å². The lowest BCUT2D eigenvalue weighted by Crippen LogP contribution is -2.36. The molecule has 0 aliphatic heterocycles. The molecule has 0 unspecified atom stereocenters. The van der Waals surface area contributed by atoms with E-state index in [9.17, 15) is 9.59 Å². The Kier molecular flexibility index (Phi) is 5.17. The first kappa shape index (κ1) is 19.3. The molecule has 0 aliphatic carbocycles. The number of aromatic nitrogens is 3. The van der Waals surface area contributed by atoms with E-state index in [0.717, 1.165) is 10.2 Å². The monoisotopic (exact) mass is 424 g/mol. The summed E-state index contributed by atoms with van der Waals surface area (Å²) in [5.41, 5.74) is 1.58. The van der Waals surface area contributed by atoms with E-state index in [2.05, 4.69) is 10.1 Å². The third-order valence-electron chi connectivity index (χ3n) is 4.46. The van der Waals surface area contributed by atoms with Gasteiger partial charge in [-0.3, -0.25) is 14.5 Å². The van der Waals surface area contributed by atoms with Crippen LogP contribution in [0, 0.1) is 6.92 Å². The van der Waals surface area contributed by atoms with Crippen LogP contribution in [0.2, 0.25) is 5.02 Å². The van der Waals surface area contributed by atoms with Gasteiger partial charge in [0.05, 0.1) is 15.9 Å². The third kappa shape index (κ3) is 3.66. The summed E-state index contributed by atoms with van der Waals surface area (Å²) in [4.78, 5) is 31.8. The molecular weight excluding hydrogens is 408 g/mol. The Bertz CT molecular complexity index is 1230. The zero-order chi connectivity index (χ0) is 20.5. The maximum Gasteiger partial charge on any atom is 0.284 e. The molecular formula is C21H17ClN4O2S. The van der Waals surface area contributed by atoms with Gasteiger partial charge >= 0.3 is 0 Å². The second kappa shape index (κ2) is 7.77. The van der Waals surface area contributed by atoms with Crippen LogP contribution in [0.1, 0.15) is 23.1 Å². The van der Waals surface area contributed by atoms with Crippen LogP contribution < -0.4 is 10.3 Å². The second-order valence-electron chi connectivity index (χ2n) is 6.40. The van der Waals surface area contributed by atoms with Gasteiger partial charge in [0.15, 0.2) is 10.8 Å². The first-order valence-electron chi connectivity index (χ1n) is 9.02. The molecule has 4 rings (SSSR count). The Balaban J connectivity index is 1.78. The first-order valence-corrected chi connectivity index (χ1v) is 10.2. The van der Waals surface area contributed by atoms with Crippen LogP contribution in [0.4, 0.5) is 5.13 Å². The Morgan fingerprint density at radius 2 is 1.90 bits per heavy atom. The summed E-state index contributed by atoms with van der Waals surface area (Å²) in [5.74, 6) is -0.473. The summed E-state index contributed by atoms with van der Waals surface area (Å²) in [6.45, 7) is 3.98. The number of fused-ring (bicyclic) bond motifs is 1. The van der Waals surface area contributed by atoms with E-state index < -0.39 is 11.3 Å². The standard InChI is InChI=1S/C21H17ClN4O2S/c1-3-25(21-23-16-6-4-5-7-18(16)29-21)20(28)19-17(27)12-13(2)26(24-19)15-10-8-14(22)9-11-15/h4-12H,3H2,1-2H3. The topological polar surface area (TPSA) is 68.1 Å². The Morgan fingerprint density at radius 1 is 1.17 bits per heavy atom. The lowest BCUT2D eigenvalue weighted by molar-refractivity contribution is 0.0980. The molecule has 0 fully saturated rings. The zero-order valence-electron chi connectivity index (χ0n) is 15.8. The van der Waals surface area contributed by atoms with Crippen molar-refractivity contribution in [1.82, 2.24) is 14.8 Å². The molecule has 146 valence electrons. The van der Waals surface area contributed by atoms with Crippen molar-refractivity contribution in [1.29, 1.82) is 0 Å². The van der Waals surface area contributed by atoms with Gasteiger partial charge in [-0.15, -0.1) is 0 Å². The van der Waals surface area contributed by atoms with Crippen molar-refractivity contribution in [2.45, 2.75) is 13.8 Å². The largest absolute Gasteiger partial charge is 0.287 e. The van der Waals surface area contributed by atoms with Crippen molar-refractivity contribution in [3.63, 3.8) is 0 Å². The van der Waals surface area contributed by atoms with Gasteiger partial charge in [-0.2, -0.15) is 5.10 Å². The normalized spacial score (nSPS) is 11.0. The molecule has 0 saturated carbocycles. The van der Waals surface area contributed by atoms with Crippen LogP contribution in [-0.2, 0) is 0 Å². The van der Waals surface area contributed by atoms with Crippen molar-refractivity contribution in [2.24, 2.45) is 0 Å². The van der Waals surface area contributed by atoms with Gasteiger partial charge in [-0.25, -0.2) is 9.67 Å². The van der Waals surface area contributed by atoms with Crippen LogP contribution in [0.15, 0.2) is 59.4 Å². The van der Waals surface area contributed by atoms with Crippen molar-refractivity contribution < 1.29 is 4.79 Å². The van der Waals surface area contributed by atoms with E-state index in [1.165, 1.54) is 22.3 Å². The fraction of sp³-hybridized carbons (Fsp3) is 0.143. The van der Waals surface area contributed by atoms with Gasteiger partial charge in [-0.05, 0) is 50.2 Å². The van der Waals surface area contributed by atoms with Crippen LogP contribution in [-0.4, -0.2) is 27.2 Å². The fourth-order valence-electron chi connectivity index (χ4n) is 3.01. The quantitative estimate of drug-likeness (QED) is 0.484. The molecule has 2 heterocycles. The molecule has 0 aliphatic rings. The molecule has 0 bridgehead atoms. The number of nitrogens with zero attached hydrogens (tertiary/aromatic N) is 4. The predicted octanol–water partition coefficient (Wildman–Crippen LogP) is 4.47. The number of rotatable bonds is 4. The summed E-state index contributed by atoms with van der Waals surface area (Å²) >= 11 is 7.37. The van der Waals surface area contributed by atoms with Gasteiger partial charge in [0.25, 0.3) is 5.91 Å². The number of aryl methyl sites for hydroxylation is 1. The molecule has 1 amide bonds. The molecule has 0 spiro atoms. The molecule has 2 aromatic carbocycles. The third-order valence-corrected chi connectivity index (χ3v) is 5.77. The van der Waals surface area contributed by atoms with E-state index in [4.69, 9.17) is 11.6 Å². The first-order chi connectivity index (χ1) is 14.0. The van der Waals surface area contributed by atoms with Gasteiger partial charge in [-0.1, -0.05) is 35.1 Å². The number of anilines is 1. The average Bonchev–Trinajstić information content (AvgIpc) is 3.13. The number of para-hydroxylation sites is 1. The summed E-state index contributed by atoms with van der Waals surface area (Å²) in [7, 11) is 0. The SMILES string of the molecule is CCN(C(=O)c1nn(-c2ccc(Cl)cc2)c(C)cc1=O)c1nc2ccccc2s1. The minimum Gasteiger partial charge on any atom is -0.287 e. The number of amides is 1. The molecule has 0 atom stereocenters. The Hall–Kier alpha value is -3.03. The number of halogens is 1. The number of thiazole rings is 1. The van der Waals surface area contributed by atoms with E-state index in [0.29, 0.717) is 28.1 Å². The number of hydrogen-bond acceptors (Lipinski definition) is 5. The molecule has 0 saturated heterocycles. The number of carbonyl (C=O) groups excluding carboxylic acids is 1. The summed E-state index contributed by atoms with van der Waals surface area (Å²) in [6.07, 6.45) is 0. The minimum atomic E-state index is -0.473. The molecule has 2 aromatic heterocycles. The molecule has 0 radical (unpaired) electrons. The predicted molar refractivity (Wildman–Crippen MR) is 117 cm³/mol.